The van der Waals surface area contributed by atoms with Crippen LogP contribution in [0.5, 0.6) is 0 Å². The minimum atomic E-state index is -0.101. The molecule has 0 radical (unpaired) electrons. The van der Waals surface area contributed by atoms with Crippen molar-refractivity contribution in [1.82, 2.24) is 4.90 Å². The van der Waals surface area contributed by atoms with Crippen molar-refractivity contribution in [2.45, 2.75) is 49.9 Å². The largest absolute Gasteiger partial charge is 0.333 e. The zero-order valence-corrected chi connectivity index (χ0v) is 13.9. The first-order valence-corrected chi connectivity index (χ1v) is 9.10. The number of amides is 2. The van der Waals surface area contributed by atoms with Gasteiger partial charge in [0, 0.05) is 35.5 Å². The molecule has 2 heterocycles. The standard InChI is InChI=1S/C17H22N2O2S/c1-11(20)18-13-5-3-12(4-6-13)17(21)19-14-7-8-15(19)10-16(9-14)22-2/h3-6,14-16H,7-10H2,1-2H3,(H,18,20)/t14-,15+,16?. The summed E-state index contributed by atoms with van der Waals surface area (Å²) in [6, 6.07) is 8.02. The summed E-state index contributed by atoms with van der Waals surface area (Å²) < 4.78 is 0. The summed E-state index contributed by atoms with van der Waals surface area (Å²) in [7, 11) is 0. The molecule has 2 fully saturated rings. The molecular formula is C17H22N2O2S. The highest BCUT2D eigenvalue weighted by atomic mass is 32.2. The molecule has 4 nitrogen and oxygen atoms in total. The predicted molar refractivity (Wildman–Crippen MR) is 90.3 cm³/mol. The van der Waals surface area contributed by atoms with Crippen LogP contribution in [-0.2, 0) is 4.79 Å². The van der Waals surface area contributed by atoms with Gasteiger partial charge in [0.2, 0.25) is 5.91 Å². The van der Waals surface area contributed by atoms with E-state index in [1.54, 1.807) is 12.1 Å². The molecule has 0 aliphatic carbocycles. The number of carbonyl (C=O) groups is 2. The summed E-state index contributed by atoms with van der Waals surface area (Å²) >= 11 is 1.93. The van der Waals surface area contributed by atoms with Crippen LogP contribution >= 0.6 is 11.8 Å². The van der Waals surface area contributed by atoms with Crippen LogP contribution in [0.3, 0.4) is 0 Å². The molecule has 0 spiro atoms. The van der Waals surface area contributed by atoms with Gasteiger partial charge in [-0.1, -0.05) is 0 Å². The monoisotopic (exact) mass is 318 g/mol. The fourth-order valence-corrected chi connectivity index (χ4v) is 4.53. The van der Waals surface area contributed by atoms with Gasteiger partial charge in [-0.3, -0.25) is 9.59 Å². The average molecular weight is 318 g/mol. The van der Waals surface area contributed by atoms with Gasteiger partial charge in [0.1, 0.15) is 0 Å². The molecule has 0 saturated carbocycles. The van der Waals surface area contributed by atoms with E-state index in [-0.39, 0.29) is 11.8 Å². The van der Waals surface area contributed by atoms with E-state index >= 15 is 0 Å². The Morgan fingerprint density at radius 2 is 1.73 bits per heavy atom. The topological polar surface area (TPSA) is 49.4 Å². The van der Waals surface area contributed by atoms with E-state index in [0.717, 1.165) is 31.4 Å². The molecule has 1 unspecified atom stereocenters. The van der Waals surface area contributed by atoms with Gasteiger partial charge < -0.3 is 10.2 Å². The summed E-state index contributed by atoms with van der Waals surface area (Å²) in [6.07, 6.45) is 6.68. The molecule has 5 heteroatoms. The minimum Gasteiger partial charge on any atom is -0.333 e. The zero-order valence-electron chi connectivity index (χ0n) is 13.0. The lowest BCUT2D eigenvalue weighted by Gasteiger charge is -2.38. The number of thioether (sulfide) groups is 1. The lowest BCUT2D eigenvalue weighted by Crippen LogP contribution is -2.47. The number of nitrogens with zero attached hydrogens (tertiary/aromatic N) is 1. The predicted octanol–water partition coefficient (Wildman–Crippen LogP) is 3.14. The quantitative estimate of drug-likeness (QED) is 0.931. The number of fused-ring (bicyclic) bond motifs is 2. The first kappa shape index (κ1) is 15.4. The summed E-state index contributed by atoms with van der Waals surface area (Å²) in [6.45, 7) is 1.48. The van der Waals surface area contributed by atoms with Crippen molar-refractivity contribution in [3.05, 3.63) is 29.8 Å². The Labute approximate surface area is 135 Å². The van der Waals surface area contributed by atoms with Gasteiger partial charge in [-0.2, -0.15) is 11.8 Å². The number of carbonyl (C=O) groups excluding carboxylic acids is 2. The van der Waals surface area contributed by atoms with E-state index in [2.05, 4.69) is 16.5 Å². The minimum absolute atomic E-state index is 0.101. The molecule has 2 aliphatic heterocycles. The van der Waals surface area contributed by atoms with Crippen LogP contribution in [0, 0.1) is 0 Å². The molecule has 2 saturated heterocycles. The second-order valence-electron chi connectivity index (χ2n) is 6.19. The van der Waals surface area contributed by atoms with E-state index in [1.807, 2.05) is 23.9 Å². The van der Waals surface area contributed by atoms with E-state index in [0.29, 0.717) is 22.9 Å². The number of benzene rings is 1. The first-order chi connectivity index (χ1) is 10.6. The van der Waals surface area contributed by atoms with Crippen molar-refractivity contribution >= 4 is 29.3 Å². The SMILES string of the molecule is CSC1C[C@H]2CC[C@@H](C1)N2C(=O)c1ccc(NC(C)=O)cc1. The van der Waals surface area contributed by atoms with Gasteiger partial charge in [0.05, 0.1) is 0 Å². The number of hydrogen-bond acceptors (Lipinski definition) is 3. The molecule has 22 heavy (non-hydrogen) atoms. The fourth-order valence-electron chi connectivity index (χ4n) is 3.70. The Morgan fingerprint density at radius 3 is 2.23 bits per heavy atom. The van der Waals surface area contributed by atoms with E-state index < -0.39 is 0 Å². The molecular weight excluding hydrogens is 296 g/mol. The Balaban J connectivity index is 1.73. The lowest BCUT2D eigenvalue weighted by atomic mass is 10.0. The van der Waals surface area contributed by atoms with E-state index in [1.165, 1.54) is 6.92 Å². The van der Waals surface area contributed by atoms with Crippen LogP contribution in [0.25, 0.3) is 0 Å². The molecule has 3 rings (SSSR count). The summed E-state index contributed by atoms with van der Waals surface area (Å²) in [5, 5.41) is 3.43. The lowest BCUT2D eigenvalue weighted by molar-refractivity contribution is -0.114. The Hall–Kier alpha value is -1.49. The summed E-state index contributed by atoms with van der Waals surface area (Å²) in [5.41, 5.74) is 1.45. The summed E-state index contributed by atoms with van der Waals surface area (Å²) in [4.78, 5) is 26.0. The maximum absolute atomic E-state index is 12.8. The Morgan fingerprint density at radius 1 is 1.14 bits per heavy atom. The molecule has 0 aromatic heterocycles. The second-order valence-corrected chi connectivity index (χ2v) is 7.32. The van der Waals surface area contributed by atoms with Crippen molar-refractivity contribution in [2.75, 3.05) is 11.6 Å². The second kappa shape index (κ2) is 6.32. The molecule has 1 aromatic rings. The zero-order chi connectivity index (χ0) is 15.7. The Bertz CT molecular complexity index is 559. The third-order valence-electron chi connectivity index (χ3n) is 4.71. The number of piperidine rings is 1. The van der Waals surface area contributed by atoms with Crippen LogP contribution in [0.1, 0.15) is 43.0 Å². The van der Waals surface area contributed by atoms with Gasteiger partial charge in [-0.25, -0.2) is 0 Å². The number of rotatable bonds is 3. The maximum Gasteiger partial charge on any atom is 0.254 e. The van der Waals surface area contributed by atoms with Gasteiger partial charge in [-0.05, 0) is 56.2 Å². The highest BCUT2D eigenvalue weighted by Crippen LogP contribution is 2.40. The summed E-state index contributed by atoms with van der Waals surface area (Å²) in [5.74, 6) is 0.0395. The highest BCUT2D eigenvalue weighted by Gasteiger charge is 2.43. The fraction of sp³-hybridized carbons (Fsp3) is 0.529. The number of hydrogen-bond donors (Lipinski definition) is 1. The van der Waals surface area contributed by atoms with Crippen molar-refractivity contribution < 1.29 is 9.59 Å². The maximum atomic E-state index is 12.8. The average Bonchev–Trinajstić information content (AvgIpc) is 2.76. The molecule has 1 N–H and O–H groups in total. The highest BCUT2D eigenvalue weighted by molar-refractivity contribution is 7.99. The van der Waals surface area contributed by atoms with Crippen molar-refractivity contribution in [2.24, 2.45) is 0 Å². The van der Waals surface area contributed by atoms with Gasteiger partial charge in [-0.15, -0.1) is 0 Å². The van der Waals surface area contributed by atoms with Crippen molar-refractivity contribution in [3.63, 3.8) is 0 Å². The third-order valence-corrected chi connectivity index (χ3v) is 5.76. The van der Waals surface area contributed by atoms with Crippen molar-refractivity contribution in [1.29, 1.82) is 0 Å². The normalized spacial score (nSPS) is 26.8. The molecule has 2 amide bonds. The van der Waals surface area contributed by atoms with E-state index in [9.17, 15) is 9.59 Å². The molecule has 2 aliphatic rings. The van der Waals surface area contributed by atoms with Crippen LogP contribution < -0.4 is 5.32 Å². The Kier molecular flexibility index (Phi) is 4.43. The van der Waals surface area contributed by atoms with Crippen LogP contribution in [0.2, 0.25) is 0 Å². The van der Waals surface area contributed by atoms with Gasteiger partial charge in [0.15, 0.2) is 0 Å². The van der Waals surface area contributed by atoms with Crippen molar-refractivity contribution in [3.8, 4) is 0 Å². The molecule has 2 bridgehead atoms. The molecule has 1 aromatic carbocycles. The van der Waals surface area contributed by atoms with Gasteiger partial charge in [0.25, 0.3) is 5.91 Å². The van der Waals surface area contributed by atoms with Crippen LogP contribution in [0.4, 0.5) is 5.69 Å². The molecule has 118 valence electrons. The van der Waals surface area contributed by atoms with Crippen LogP contribution in [-0.4, -0.2) is 40.3 Å². The number of anilines is 1. The number of nitrogens with one attached hydrogen (secondary N) is 1. The smallest absolute Gasteiger partial charge is 0.254 e. The third kappa shape index (κ3) is 3.00. The molecule has 3 atom stereocenters. The first-order valence-electron chi connectivity index (χ1n) is 7.81. The van der Waals surface area contributed by atoms with Gasteiger partial charge >= 0.3 is 0 Å². The van der Waals surface area contributed by atoms with Crippen LogP contribution in [0.15, 0.2) is 24.3 Å². The van der Waals surface area contributed by atoms with E-state index in [4.69, 9.17) is 0 Å².